The number of rotatable bonds is 8. The molecule has 33 heavy (non-hydrogen) atoms. The Hall–Kier alpha value is -2.66. The Morgan fingerprint density at radius 1 is 1.12 bits per heavy atom. The Labute approximate surface area is 204 Å². The van der Waals surface area contributed by atoms with Crippen molar-refractivity contribution >= 4 is 44.0 Å². The number of halogens is 1. The first-order valence-electron chi connectivity index (χ1n) is 10.7. The Kier molecular flexibility index (Phi) is 7.81. The SMILES string of the molecule is O=C(CCN1CCN(Cc2cccc([N+](=O)[O-])c2)CC1)Nc1nc(-c2cccc(Br)c2)cs1. The molecule has 1 saturated heterocycles. The van der Waals surface area contributed by atoms with Crippen LogP contribution in [0.15, 0.2) is 58.4 Å². The normalized spacial score (nSPS) is 14.8. The molecule has 8 nitrogen and oxygen atoms in total. The van der Waals surface area contributed by atoms with Crippen LogP contribution in [0, 0.1) is 10.1 Å². The zero-order chi connectivity index (χ0) is 23.2. The molecule has 1 aliphatic rings. The number of nitrogens with zero attached hydrogens (tertiary/aromatic N) is 4. The summed E-state index contributed by atoms with van der Waals surface area (Å²) in [6.45, 7) is 4.86. The van der Waals surface area contributed by atoms with Gasteiger partial charge in [-0.1, -0.05) is 40.2 Å². The van der Waals surface area contributed by atoms with Gasteiger partial charge in [0.15, 0.2) is 5.13 Å². The number of nitro benzene ring substituents is 1. The molecule has 10 heteroatoms. The number of nitrogens with one attached hydrogen (secondary N) is 1. The minimum absolute atomic E-state index is 0.0378. The van der Waals surface area contributed by atoms with Crippen LogP contribution < -0.4 is 5.32 Å². The maximum absolute atomic E-state index is 12.4. The van der Waals surface area contributed by atoms with Crippen LogP contribution in [0.1, 0.15) is 12.0 Å². The van der Waals surface area contributed by atoms with Crippen molar-refractivity contribution < 1.29 is 9.72 Å². The minimum Gasteiger partial charge on any atom is -0.302 e. The van der Waals surface area contributed by atoms with Crippen LogP contribution >= 0.6 is 27.3 Å². The molecule has 1 fully saturated rings. The van der Waals surface area contributed by atoms with Crippen molar-refractivity contribution in [2.45, 2.75) is 13.0 Å². The molecule has 1 N–H and O–H groups in total. The van der Waals surface area contributed by atoms with Gasteiger partial charge < -0.3 is 10.2 Å². The quantitative estimate of drug-likeness (QED) is 0.338. The third-order valence-corrected chi connectivity index (χ3v) is 6.77. The number of benzene rings is 2. The lowest BCUT2D eigenvalue weighted by atomic mass is 10.1. The summed E-state index contributed by atoms with van der Waals surface area (Å²) in [6.07, 6.45) is 0.413. The van der Waals surface area contributed by atoms with Crippen LogP contribution in [-0.2, 0) is 11.3 Å². The summed E-state index contributed by atoms with van der Waals surface area (Å²) in [7, 11) is 0. The van der Waals surface area contributed by atoms with E-state index in [1.54, 1.807) is 12.1 Å². The molecule has 2 heterocycles. The first-order chi connectivity index (χ1) is 16.0. The smallest absolute Gasteiger partial charge is 0.269 e. The highest BCUT2D eigenvalue weighted by Gasteiger charge is 2.19. The van der Waals surface area contributed by atoms with Crippen molar-refractivity contribution in [2.75, 3.05) is 38.0 Å². The van der Waals surface area contributed by atoms with E-state index in [1.807, 2.05) is 35.7 Å². The topological polar surface area (TPSA) is 91.6 Å². The summed E-state index contributed by atoms with van der Waals surface area (Å²) in [6, 6.07) is 14.7. The van der Waals surface area contributed by atoms with Crippen LogP contribution in [0.2, 0.25) is 0 Å². The van der Waals surface area contributed by atoms with E-state index in [2.05, 4.69) is 36.0 Å². The van der Waals surface area contributed by atoms with Crippen LogP contribution in [0.25, 0.3) is 11.3 Å². The summed E-state index contributed by atoms with van der Waals surface area (Å²) in [4.78, 5) is 32.1. The van der Waals surface area contributed by atoms with Gasteiger partial charge in [-0.05, 0) is 17.7 Å². The van der Waals surface area contributed by atoms with E-state index in [9.17, 15) is 14.9 Å². The number of thiazole rings is 1. The molecule has 3 aromatic rings. The first-order valence-corrected chi connectivity index (χ1v) is 12.3. The highest BCUT2D eigenvalue weighted by atomic mass is 79.9. The monoisotopic (exact) mass is 529 g/mol. The van der Waals surface area contributed by atoms with E-state index in [1.165, 1.54) is 17.4 Å². The van der Waals surface area contributed by atoms with Crippen LogP contribution in [0.5, 0.6) is 0 Å². The second-order valence-corrected chi connectivity index (χ2v) is 9.67. The van der Waals surface area contributed by atoms with E-state index in [0.29, 0.717) is 24.6 Å². The summed E-state index contributed by atoms with van der Waals surface area (Å²) in [5.74, 6) is -0.0378. The van der Waals surface area contributed by atoms with Gasteiger partial charge in [-0.15, -0.1) is 11.3 Å². The van der Waals surface area contributed by atoms with E-state index in [0.717, 1.165) is 47.5 Å². The third kappa shape index (κ3) is 6.67. The van der Waals surface area contributed by atoms with Crippen molar-refractivity contribution in [3.63, 3.8) is 0 Å². The molecule has 0 bridgehead atoms. The van der Waals surface area contributed by atoms with Crippen molar-refractivity contribution in [1.82, 2.24) is 14.8 Å². The van der Waals surface area contributed by atoms with Gasteiger partial charge in [0.1, 0.15) is 0 Å². The summed E-state index contributed by atoms with van der Waals surface area (Å²) < 4.78 is 0.990. The molecule has 1 aromatic heterocycles. The Bertz CT molecular complexity index is 1130. The molecule has 0 spiro atoms. The standard InChI is InChI=1S/C23H24BrN5O3S/c24-19-5-2-4-18(14-19)21-16-33-23(25-21)26-22(30)7-8-27-9-11-28(12-10-27)15-17-3-1-6-20(13-17)29(31)32/h1-6,13-14,16H,7-12,15H2,(H,25,26,30). The number of hydrogen-bond acceptors (Lipinski definition) is 7. The number of anilines is 1. The summed E-state index contributed by atoms with van der Waals surface area (Å²) in [5, 5.41) is 16.4. The van der Waals surface area contributed by atoms with Crippen LogP contribution in [0.4, 0.5) is 10.8 Å². The molecule has 1 aliphatic heterocycles. The van der Waals surface area contributed by atoms with Gasteiger partial charge in [-0.2, -0.15) is 0 Å². The Morgan fingerprint density at radius 3 is 2.64 bits per heavy atom. The first kappa shape index (κ1) is 23.5. The molecule has 0 radical (unpaired) electrons. The molecule has 0 atom stereocenters. The number of piperazine rings is 1. The Morgan fingerprint density at radius 2 is 1.88 bits per heavy atom. The van der Waals surface area contributed by atoms with E-state index < -0.39 is 0 Å². The predicted octanol–water partition coefficient (Wildman–Crippen LogP) is 4.63. The molecule has 1 amide bonds. The lowest BCUT2D eigenvalue weighted by Crippen LogP contribution is -2.46. The van der Waals surface area contributed by atoms with Gasteiger partial charge in [0.2, 0.25) is 5.91 Å². The van der Waals surface area contributed by atoms with Crippen molar-refractivity contribution in [1.29, 1.82) is 0 Å². The van der Waals surface area contributed by atoms with Crippen LogP contribution in [-0.4, -0.2) is 58.3 Å². The lowest BCUT2D eigenvalue weighted by Gasteiger charge is -2.34. The fourth-order valence-electron chi connectivity index (χ4n) is 3.75. The second-order valence-electron chi connectivity index (χ2n) is 7.89. The average Bonchev–Trinajstić information content (AvgIpc) is 3.27. The van der Waals surface area contributed by atoms with E-state index in [-0.39, 0.29) is 16.5 Å². The molecule has 2 aromatic carbocycles. The number of carbonyl (C=O) groups is 1. The zero-order valence-corrected chi connectivity index (χ0v) is 20.3. The fraction of sp³-hybridized carbons (Fsp3) is 0.304. The maximum Gasteiger partial charge on any atom is 0.269 e. The van der Waals surface area contributed by atoms with E-state index in [4.69, 9.17) is 0 Å². The number of nitro groups is 1. The molecular formula is C23H24BrN5O3S. The number of amides is 1. The van der Waals surface area contributed by atoms with E-state index >= 15 is 0 Å². The Balaban J connectivity index is 1.20. The van der Waals surface area contributed by atoms with Crippen molar-refractivity contribution in [3.05, 3.63) is 74.1 Å². The van der Waals surface area contributed by atoms with Gasteiger partial charge in [0, 0.05) is 73.2 Å². The summed E-state index contributed by atoms with van der Waals surface area (Å²) in [5.41, 5.74) is 2.92. The van der Waals surface area contributed by atoms with Gasteiger partial charge in [-0.25, -0.2) is 4.98 Å². The van der Waals surface area contributed by atoms with Gasteiger partial charge in [-0.3, -0.25) is 19.8 Å². The van der Waals surface area contributed by atoms with Gasteiger partial charge in [0.05, 0.1) is 10.6 Å². The highest BCUT2D eigenvalue weighted by molar-refractivity contribution is 9.10. The number of non-ortho nitro benzene ring substituents is 1. The lowest BCUT2D eigenvalue weighted by molar-refractivity contribution is -0.384. The predicted molar refractivity (Wildman–Crippen MR) is 133 cm³/mol. The van der Waals surface area contributed by atoms with Gasteiger partial charge in [0.25, 0.3) is 5.69 Å². The third-order valence-electron chi connectivity index (χ3n) is 5.52. The zero-order valence-electron chi connectivity index (χ0n) is 17.9. The number of carbonyl (C=O) groups excluding carboxylic acids is 1. The second kappa shape index (κ2) is 11.0. The fourth-order valence-corrected chi connectivity index (χ4v) is 4.89. The summed E-state index contributed by atoms with van der Waals surface area (Å²) >= 11 is 4.89. The highest BCUT2D eigenvalue weighted by Crippen LogP contribution is 2.27. The van der Waals surface area contributed by atoms with Crippen molar-refractivity contribution in [3.8, 4) is 11.3 Å². The van der Waals surface area contributed by atoms with Crippen LogP contribution in [0.3, 0.4) is 0 Å². The number of hydrogen-bond donors (Lipinski definition) is 1. The molecule has 0 aliphatic carbocycles. The van der Waals surface area contributed by atoms with Crippen molar-refractivity contribution in [2.24, 2.45) is 0 Å². The maximum atomic E-state index is 12.4. The average molecular weight is 530 g/mol. The van der Waals surface area contributed by atoms with Gasteiger partial charge >= 0.3 is 0 Å². The number of aromatic nitrogens is 1. The molecular weight excluding hydrogens is 506 g/mol. The molecule has 4 rings (SSSR count). The molecule has 172 valence electrons. The minimum atomic E-state index is -0.361. The molecule has 0 unspecified atom stereocenters. The largest absolute Gasteiger partial charge is 0.302 e. The molecule has 0 saturated carbocycles.